The molecule has 1 N–H and O–H groups in total. The minimum absolute atomic E-state index is 0.0267. The Morgan fingerprint density at radius 2 is 2.00 bits per heavy atom. The third kappa shape index (κ3) is 3.20. The summed E-state index contributed by atoms with van der Waals surface area (Å²) >= 11 is 0. The number of rotatable bonds is 7. The summed E-state index contributed by atoms with van der Waals surface area (Å²) in [5.41, 5.74) is 0. The molecule has 2 aliphatic rings. The minimum atomic E-state index is -0.350. The van der Waals surface area contributed by atoms with Crippen molar-refractivity contribution in [3.8, 4) is 0 Å². The number of hydrogen-bond donors (Lipinski definition) is 1. The number of aliphatic hydroxyl groups is 1. The van der Waals surface area contributed by atoms with E-state index in [0.29, 0.717) is 36.6 Å². The largest absolute Gasteiger partial charge is 0.392 e. The first-order chi connectivity index (χ1) is 9.78. The standard InChI is InChI=1S/C15H24N2O3/c1-2-19-14(11-7-8-11)15-16-13(20-17-15)9-12(18)10-5-3-4-6-10/h10-12,14,18H,2-9H2,1H3. The zero-order valence-electron chi connectivity index (χ0n) is 12.1. The van der Waals surface area contributed by atoms with Gasteiger partial charge in [-0.15, -0.1) is 0 Å². The second-order valence-electron chi connectivity index (χ2n) is 6.08. The lowest BCUT2D eigenvalue weighted by Gasteiger charge is -2.15. The van der Waals surface area contributed by atoms with Crippen LogP contribution in [0.3, 0.4) is 0 Å². The van der Waals surface area contributed by atoms with Crippen molar-refractivity contribution >= 4 is 0 Å². The molecule has 1 aromatic heterocycles. The summed E-state index contributed by atoms with van der Waals surface area (Å²) in [6.07, 6.45) is 7.14. The van der Waals surface area contributed by atoms with Crippen LogP contribution in [-0.2, 0) is 11.2 Å². The van der Waals surface area contributed by atoms with E-state index >= 15 is 0 Å². The van der Waals surface area contributed by atoms with Crippen LogP contribution < -0.4 is 0 Å². The van der Waals surface area contributed by atoms with Gasteiger partial charge in [-0.25, -0.2) is 0 Å². The van der Waals surface area contributed by atoms with E-state index in [2.05, 4.69) is 10.1 Å². The minimum Gasteiger partial charge on any atom is -0.392 e. The van der Waals surface area contributed by atoms with Crippen LogP contribution in [0.15, 0.2) is 4.52 Å². The highest BCUT2D eigenvalue weighted by molar-refractivity contribution is 4.99. The van der Waals surface area contributed by atoms with Gasteiger partial charge in [0.05, 0.1) is 12.5 Å². The number of hydrogen-bond acceptors (Lipinski definition) is 5. The van der Waals surface area contributed by atoms with Crippen molar-refractivity contribution < 1.29 is 14.4 Å². The molecule has 1 heterocycles. The molecule has 3 rings (SSSR count). The van der Waals surface area contributed by atoms with Gasteiger partial charge >= 0.3 is 0 Å². The Bertz CT molecular complexity index is 425. The van der Waals surface area contributed by atoms with E-state index in [9.17, 15) is 5.11 Å². The van der Waals surface area contributed by atoms with Crippen molar-refractivity contribution in [3.05, 3.63) is 11.7 Å². The predicted molar refractivity (Wildman–Crippen MR) is 73.1 cm³/mol. The van der Waals surface area contributed by atoms with E-state index in [4.69, 9.17) is 9.26 Å². The fourth-order valence-electron chi connectivity index (χ4n) is 3.15. The Kier molecular flexibility index (Phi) is 4.36. The van der Waals surface area contributed by atoms with E-state index in [1.807, 2.05) is 6.92 Å². The molecule has 1 aromatic rings. The molecule has 0 aromatic carbocycles. The Hall–Kier alpha value is -0.940. The molecule has 2 atom stereocenters. The third-order valence-corrected chi connectivity index (χ3v) is 4.46. The number of ether oxygens (including phenoxy) is 1. The average molecular weight is 280 g/mol. The monoisotopic (exact) mass is 280 g/mol. The van der Waals surface area contributed by atoms with Crippen molar-refractivity contribution in [3.63, 3.8) is 0 Å². The highest BCUT2D eigenvalue weighted by Gasteiger charge is 2.36. The molecule has 0 bridgehead atoms. The summed E-state index contributed by atoms with van der Waals surface area (Å²) in [5.74, 6) is 2.14. The number of aliphatic hydroxyl groups excluding tert-OH is 1. The summed E-state index contributed by atoms with van der Waals surface area (Å²) < 4.78 is 11.0. The van der Waals surface area contributed by atoms with Gasteiger partial charge in [0.25, 0.3) is 0 Å². The molecular weight excluding hydrogens is 256 g/mol. The Morgan fingerprint density at radius 1 is 1.25 bits per heavy atom. The third-order valence-electron chi connectivity index (χ3n) is 4.46. The molecule has 112 valence electrons. The van der Waals surface area contributed by atoms with Gasteiger partial charge in [-0.2, -0.15) is 4.98 Å². The second kappa shape index (κ2) is 6.22. The van der Waals surface area contributed by atoms with Crippen LogP contribution in [0, 0.1) is 11.8 Å². The van der Waals surface area contributed by atoms with Gasteiger partial charge in [-0.1, -0.05) is 18.0 Å². The van der Waals surface area contributed by atoms with E-state index in [-0.39, 0.29) is 12.2 Å². The summed E-state index contributed by atoms with van der Waals surface area (Å²) in [6, 6.07) is 0. The zero-order chi connectivity index (χ0) is 13.9. The second-order valence-corrected chi connectivity index (χ2v) is 6.08. The molecule has 2 saturated carbocycles. The van der Waals surface area contributed by atoms with E-state index in [1.165, 1.54) is 25.7 Å². The maximum atomic E-state index is 10.2. The lowest BCUT2D eigenvalue weighted by molar-refractivity contribution is 0.0384. The van der Waals surface area contributed by atoms with Gasteiger partial charge in [-0.3, -0.25) is 0 Å². The summed E-state index contributed by atoms with van der Waals surface area (Å²) in [5, 5.41) is 14.3. The lowest BCUT2D eigenvalue weighted by atomic mass is 9.98. The fourth-order valence-corrected chi connectivity index (χ4v) is 3.15. The maximum absolute atomic E-state index is 10.2. The van der Waals surface area contributed by atoms with Gasteiger partial charge in [0.1, 0.15) is 6.10 Å². The highest BCUT2D eigenvalue weighted by atomic mass is 16.5. The molecule has 5 nitrogen and oxygen atoms in total. The average Bonchev–Trinajstić information content (AvgIpc) is 2.94. The van der Waals surface area contributed by atoms with E-state index < -0.39 is 0 Å². The fraction of sp³-hybridized carbons (Fsp3) is 0.867. The zero-order valence-corrected chi connectivity index (χ0v) is 12.1. The number of aromatic nitrogens is 2. The molecule has 0 aliphatic heterocycles. The van der Waals surface area contributed by atoms with Crippen LogP contribution >= 0.6 is 0 Å². The van der Waals surface area contributed by atoms with Gasteiger partial charge in [-0.05, 0) is 44.4 Å². The van der Waals surface area contributed by atoms with Crippen molar-refractivity contribution in [1.29, 1.82) is 0 Å². The summed E-state index contributed by atoms with van der Waals surface area (Å²) in [6.45, 7) is 2.65. The van der Waals surface area contributed by atoms with Crippen molar-refractivity contribution in [2.75, 3.05) is 6.61 Å². The van der Waals surface area contributed by atoms with Gasteiger partial charge in [0, 0.05) is 6.61 Å². The quantitative estimate of drug-likeness (QED) is 0.831. The SMILES string of the molecule is CCOC(c1noc(CC(O)C2CCCC2)n1)C1CC1. The molecule has 20 heavy (non-hydrogen) atoms. The first-order valence-corrected chi connectivity index (χ1v) is 7.90. The van der Waals surface area contributed by atoms with Gasteiger partial charge in [0.15, 0.2) is 0 Å². The van der Waals surface area contributed by atoms with Gasteiger partial charge in [0.2, 0.25) is 11.7 Å². The van der Waals surface area contributed by atoms with Crippen LogP contribution in [0.2, 0.25) is 0 Å². The van der Waals surface area contributed by atoms with Crippen molar-refractivity contribution in [2.24, 2.45) is 11.8 Å². The molecule has 2 unspecified atom stereocenters. The van der Waals surface area contributed by atoms with Crippen LogP contribution in [-0.4, -0.2) is 28.0 Å². The molecule has 0 amide bonds. The topological polar surface area (TPSA) is 68.4 Å². The molecular formula is C15H24N2O3. The molecule has 2 aliphatic carbocycles. The van der Waals surface area contributed by atoms with Gasteiger partial charge < -0.3 is 14.4 Å². The maximum Gasteiger partial charge on any atom is 0.229 e. The first kappa shape index (κ1) is 14.0. The lowest BCUT2D eigenvalue weighted by Crippen LogP contribution is -2.20. The smallest absolute Gasteiger partial charge is 0.229 e. The van der Waals surface area contributed by atoms with Crippen LogP contribution in [0.5, 0.6) is 0 Å². The van der Waals surface area contributed by atoms with Crippen LogP contribution in [0.1, 0.15) is 63.3 Å². The number of nitrogens with zero attached hydrogens (tertiary/aromatic N) is 2. The molecule has 2 fully saturated rings. The predicted octanol–water partition coefficient (Wildman–Crippen LogP) is 2.65. The molecule has 0 saturated heterocycles. The molecule has 0 radical (unpaired) electrons. The van der Waals surface area contributed by atoms with E-state index in [1.54, 1.807) is 0 Å². The van der Waals surface area contributed by atoms with Crippen molar-refractivity contribution in [1.82, 2.24) is 10.1 Å². The Balaban J connectivity index is 1.60. The normalized spacial score (nSPS) is 23.1. The Labute approximate surface area is 119 Å². The summed E-state index contributed by atoms with van der Waals surface area (Å²) in [4.78, 5) is 4.44. The van der Waals surface area contributed by atoms with Crippen molar-refractivity contribution in [2.45, 2.75) is 64.1 Å². The van der Waals surface area contributed by atoms with Crippen LogP contribution in [0.25, 0.3) is 0 Å². The summed E-state index contributed by atoms with van der Waals surface area (Å²) in [7, 11) is 0. The Morgan fingerprint density at radius 3 is 2.65 bits per heavy atom. The highest BCUT2D eigenvalue weighted by Crippen LogP contribution is 2.42. The first-order valence-electron chi connectivity index (χ1n) is 7.90. The molecule has 0 spiro atoms. The van der Waals surface area contributed by atoms with Crippen LogP contribution in [0.4, 0.5) is 0 Å². The molecule has 5 heteroatoms. The van der Waals surface area contributed by atoms with E-state index in [0.717, 1.165) is 12.8 Å².